The molecule has 20 heavy (non-hydrogen) atoms. The highest BCUT2D eigenvalue weighted by atomic mass is 79.9. The summed E-state index contributed by atoms with van der Waals surface area (Å²) >= 11 is 3.39. The Hall–Kier alpha value is -1.36. The number of rotatable bonds is 6. The van der Waals surface area contributed by atoms with Crippen molar-refractivity contribution in [1.82, 2.24) is 4.90 Å². The van der Waals surface area contributed by atoms with E-state index in [0.29, 0.717) is 0 Å². The van der Waals surface area contributed by atoms with E-state index in [-0.39, 0.29) is 24.9 Å². The molecule has 0 spiro atoms. The van der Waals surface area contributed by atoms with E-state index in [1.54, 1.807) is 0 Å². The molecular weight excluding hydrogens is 322 g/mol. The third-order valence-corrected chi connectivity index (χ3v) is 3.89. The van der Waals surface area contributed by atoms with Gasteiger partial charge >= 0.3 is 5.97 Å². The lowest BCUT2D eigenvalue weighted by Crippen LogP contribution is -2.42. The molecule has 0 bridgehead atoms. The average molecular weight is 342 g/mol. The Morgan fingerprint density at radius 3 is 2.55 bits per heavy atom. The van der Waals surface area contributed by atoms with Crippen LogP contribution >= 0.6 is 15.9 Å². The Balaban J connectivity index is 2.87. The standard InChI is InChI=1S/C15H20BrNO3/c1-4-11(3)17(9-15(19)20)14(18)8-12-5-6-13(16)7-10(12)2/h5-7,11H,4,8-9H2,1-3H3,(H,19,20). The second-order valence-corrected chi connectivity index (χ2v) is 5.84. The van der Waals surface area contributed by atoms with Crippen molar-refractivity contribution in [3.05, 3.63) is 33.8 Å². The van der Waals surface area contributed by atoms with Gasteiger partial charge in [0.15, 0.2) is 0 Å². The van der Waals surface area contributed by atoms with Crippen LogP contribution in [0.1, 0.15) is 31.4 Å². The molecule has 0 fully saturated rings. The van der Waals surface area contributed by atoms with Crippen LogP contribution in [0, 0.1) is 6.92 Å². The van der Waals surface area contributed by atoms with Crippen LogP contribution in [0.3, 0.4) is 0 Å². The maximum absolute atomic E-state index is 12.3. The summed E-state index contributed by atoms with van der Waals surface area (Å²) in [5, 5.41) is 8.93. The number of carboxylic acid groups (broad SMARTS) is 1. The zero-order chi connectivity index (χ0) is 15.3. The quantitative estimate of drug-likeness (QED) is 0.865. The van der Waals surface area contributed by atoms with Gasteiger partial charge in [-0.15, -0.1) is 0 Å². The van der Waals surface area contributed by atoms with Gasteiger partial charge in [-0.25, -0.2) is 0 Å². The van der Waals surface area contributed by atoms with Crippen molar-refractivity contribution in [2.24, 2.45) is 0 Å². The molecule has 1 aromatic carbocycles. The molecule has 0 saturated heterocycles. The molecule has 1 amide bonds. The van der Waals surface area contributed by atoms with Gasteiger partial charge in [0.25, 0.3) is 0 Å². The lowest BCUT2D eigenvalue weighted by Gasteiger charge is -2.27. The summed E-state index contributed by atoms with van der Waals surface area (Å²) in [5.41, 5.74) is 1.95. The fourth-order valence-electron chi connectivity index (χ4n) is 1.98. The first-order valence-corrected chi connectivity index (χ1v) is 7.40. The third kappa shape index (κ3) is 4.63. The molecule has 5 heteroatoms. The smallest absolute Gasteiger partial charge is 0.323 e. The number of carbonyl (C=O) groups is 2. The van der Waals surface area contributed by atoms with E-state index >= 15 is 0 Å². The first-order chi connectivity index (χ1) is 9.35. The van der Waals surface area contributed by atoms with Crippen molar-refractivity contribution in [2.75, 3.05) is 6.54 Å². The van der Waals surface area contributed by atoms with Crippen LogP contribution in [0.15, 0.2) is 22.7 Å². The third-order valence-electron chi connectivity index (χ3n) is 3.40. The number of halogens is 1. The molecule has 1 rings (SSSR count). The van der Waals surface area contributed by atoms with Gasteiger partial charge < -0.3 is 10.0 Å². The van der Waals surface area contributed by atoms with Crippen LogP contribution in [0.25, 0.3) is 0 Å². The van der Waals surface area contributed by atoms with Gasteiger partial charge in [0, 0.05) is 10.5 Å². The molecular formula is C15H20BrNO3. The molecule has 0 aliphatic carbocycles. The Labute approximate surface area is 127 Å². The van der Waals surface area contributed by atoms with Gasteiger partial charge in [0.05, 0.1) is 6.42 Å². The number of benzene rings is 1. The second-order valence-electron chi connectivity index (χ2n) is 4.92. The van der Waals surface area contributed by atoms with Crippen LogP contribution in [0.5, 0.6) is 0 Å². The van der Waals surface area contributed by atoms with Crippen molar-refractivity contribution in [1.29, 1.82) is 0 Å². The average Bonchev–Trinajstić information content (AvgIpc) is 2.38. The SMILES string of the molecule is CCC(C)N(CC(=O)O)C(=O)Cc1ccc(Br)cc1C. The molecule has 0 heterocycles. The van der Waals surface area contributed by atoms with Gasteiger partial charge in [-0.3, -0.25) is 9.59 Å². The minimum Gasteiger partial charge on any atom is -0.480 e. The Morgan fingerprint density at radius 1 is 1.40 bits per heavy atom. The molecule has 0 saturated carbocycles. The lowest BCUT2D eigenvalue weighted by atomic mass is 10.0. The molecule has 1 N–H and O–H groups in total. The first-order valence-electron chi connectivity index (χ1n) is 6.61. The molecule has 0 aliphatic rings. The largest absolute Gasteiger partial charge is 0.480 e. The van der Waals surface area contributed by atoms with E-state index in [2.05, 4.69) is 15.9 Å². The summed E-state index contributed by atoms with van der Waals surface area (Å²) in [7, 11) is 0. The molecule has 1 unspecified atom stereocenters. The summed E-state index contributed by atoms with van der Waals surface area (Å²) in [4.78, 5) is 24.7. The minimum atomic E-state index is -0.980. The van der Waals surface area contributed by atoms with E-state index in [1.807, 2.05) is 39.0 Å². The van der Waals surface area contributed by atoms with E-state index in [4.69, 9.17) is 5.11 Å². The van der Waals surface area contributed by atoms with Crippen molar-refractivity contribution in [3.8, 4) is 0 Å². The summed E-state index contributed by atoms with van der Waals surface area (Å²) < 4.78 is 0.968. The number of aryl methyl sites for hydroxylation is 1. The van der Waals surface area contributed by atoms with Crippen molar-refractivity contribution >= 4 is 27.8 Å². The maximum Gasteiger partial charge on any atom is 0.323 e. The Kier molecular flexibility index (Phi) is 6.20. The topological polar surface area (TPSA) is 57.6 Å². The molecule has 0 aliphatic heterocycles. The first kappa shape index (κ1) is 16.7. The minimum absolute atomic E-state index is 0.0747. The van der Waals surface area contributed by atoms with E-state index in [1.165, 1.54) is 4.90 Å². The van der Waals surface area contributed by atoms with Crippen LogP contribution in [0.4, 0.5) is 0 Å². The van der Waals surface area contributed by atoms with Crippen LogP contribution in [0.2, 0.25) is 0 Å². The molecule has 1 atom stereocenters. The zero-order valence-electron chi connectivity index (χ0n) is 12.0. The zero-order valence-corrected chi connectivity index (χ0v) is 13.6. The van der Waals surface area contributed by atoms with Gasteiger partial charge in [0.1, 0.15) is 6.54 Å². The number of amides is 1. The number of nitrogens with zero attached hydrogens (tertiary/aromatic N) is 1. The Bertz CT molecular complexity index is 502. The fraction of sp³-hybridized carbons (Fsp3) is 0.467. The van der Waals surface area contributed by atoms with Gasteiger partial charge in [-0.2, -0.15) is 0 Å². The molecule has 0 radical (unpaired) electrons. The van der Waals surface area contributed by atoms with Crippen molar-refractivity contribution in [2.45, 2.75) is 39.7 Å². The summed E-state index contributed by atoms with van der Waals surface area (Å²) in [6.45, 7) is 5.51. The molecule has 1 aromatic rings. The van der Waals surface area contributed by atoms with Gasteiger partial charge in [-0.05, 0) is 43.5 Å². The molecule has 4 nitrogen and oxygen atoms in total. The number of carbonyl (C=O) groups excluding carboxylic acids is 1. The normalized spacial score (nSPS) is 12.0. The van der Waals surface area contributed by atoms with Crippen LogP contribution in [-0.4, -0.2) is 34.5 Å². The van der Waals surface area contributed by atoms with E-state index in [9.17, 15) is 9.59 Å². The van der Waals surface area contributed by atoms with Crippen molar-refractivity contribution in [3.63, 3.8) is 0 Å². The van der Waals surface area contributed by atoms with Crippen molar-refractivity contribution < 1.29 is 14.7 Å². The lowest BCUT2D eigenvalue weighted by molar-refractivity contribution is -0.145. The number of carboxylic acids is 1. The highest BCUT2D eigenvalue weighted by molar-refractivity contribution is 9.10. The summed E-state index contributed by atoms with van der Waals surface area (Å²) in [5.74, 6) is -1.13. The predicted octanol–water partition coefficient (Wildman–Crippen LogP) is 3.01. The van der Waals surface area contributed by atoms with E-state index < -0.39 is 5.97 Å². The second kappa shape index (κ2) is 7.43. The number of aliphatic carboxylic acids is 1. The highest BCUT2D eigenvalue weighted by Crippen LogP contribution is 2.17. The number of hydrogen-bond donors (Lipinski definition) is 1. The van der Waals surface area contributed by atoms with Gasteiger partial charge in [-0.1, -0.05) is 28.9 Å². The predicted molar refractivity (Wildman–Crippen MR) is 81.7 cm³/mol. The van der Waals surface area contributed by atoms with Crippen LogP contribution < -0.4 is 0 Å². The summed E-state index contributed by atoms with van der Waals surface area (Å²) in [6.07, 6.45) is 0.967. The maximum atomic E-state index is 12.3. The van der Waals surface area contributed by atoms with Crippen LogP contribution in [-0.2, 0) is 16.0 Å². The molecule has 0 aromatic heterocycles. The fourth-order valence-corrected chi connectivity index (χ4v) is 2.45. The van der Waals surface area contributed by atoms with E-state index in [0.717, 1.165) is 22.0 Å². The Morgan fingerprint density at radius 2 is 2.05 bits per heavy atom. The van der Waals surface area contributed by atoms with Gasteiger partial charge in [0.2, 0.25) is 5.91 Å². The molecule has 110 valence electrons. The monoisotopic (exact) mass is 341 g/mol. The highest BCUT2D eigenvalue weighted by Gasteiger charge is 2.22. The number of hydrogen-bond acceptors (Lipinski definition) is 2. The summed E-state index contributed by atoms with van der Waals surface area (Å²) in [6, 6.07) is 5.66.